The van der Waals surface area contributed by atoms with Crippen LogP contribution in [0, 0.1) is 56.7 Å². The van der Waals surface area contributed by atoms with Crippen LogP contribution in [0.5, 0.6) is 0 Å². The van der Waals surface area contributed by atoms with Crippen molar-refractivity contribution in [1.82, 2.24) is 0 Å². The van der Waals surface area contributed by atoms with Crippen molar-refractivity contribution in [3.63, 3.8) is 0 Å². The Labute approximate surface area is 313 Å². The lowest BCUT2D eigenvalue weighted by atomic mass is 9.32. The zero-order valence-corrected chi connectivity index (χ0v) is 32.7. The molecule has 278 valence electrons. The standard InChI is InChI=1S/C48H62O4/c1-33(2)36-24-29-48(32-51-41(49)22-18-34-14-10-8-11-15-34)31-30-46(6)37(43(36)48)20-21-39-45(5)27-26-40(44(3,4)38(45)25-28-47(39,46)7)52-42(50)23-19-35-16-12-9-13-17-35/h8-19,22-23,36-40,43H,1,20-21,24-32H2,2-7H3/t36-,37+,38+,39+,40-,43-,45-,46-,47+,48+/m0/s1. The average molecular weight is 703 g/mol. The molecule has 52 heavy (non-hydrogen) atoms. The smallest absolute Gasteiger partial charge is 0.331 e. The summed E-state index contributed by atoms with van der Waals surface area (Å²) in [6.45, 7) is 20.0. The van der Waals surface area contributed by atoms with Crippen molar-refractivity contribution in [1.29, 1.82) is 0 Å². The van der Waals surface area contributed by atoms with Gasteiger partial charge < -0.3 is 9.47 Å². The van der Waals surface area contributed by atoms with Crippen molar-refractivity contribution in [3.8, 4) is 0 Å². The molecule has 0 saturated heterocycles. The zero-order chi connectivity index (χ0) is 36.9. The molecule has 5 aliphatic rings. The van der Waals surface area contributed by atoms with Gasteiger partial charge in [0.15, 0.2) is 0 Å². The molecule has 0 bridgehead atoms. The first kappa shape index (κ1) is 36.9. The third-order valence-electron chi connectivity index (χ3n) is 16.4. The molecule has 0 aliphatic heterocycles. The summed E-state index contributed by atoms with van der Waals surface area (Å²) in [7, 11) is 0. The minimum Gasteiger partial charge on any atom is -0.462 e. The number of hydrogen-bond acceptors (Lipinski definition) is 4. The third-order valence-corrected chi connectivity index (χ3v) is 16.4. The van der Waals surface area contributed by atoms with Gasteiger partial charge in [-0.1, -0.05) is 107 Å². The van der Waals surface area contributed by atoms with Gasteiger partial charge in [-0.3, -0.25) is 0 Å². The minimum absolute atomic E-state index is 0.0211. The van der Waals surface area contributed by atoms with Crippen LogP contribution >= 0.6 is 0 Å². The Bertz CT molecular complexity index is 1710. The Hall–Kier alpha value is -3.40. The molecule has 0 N–H and O–H groups in total. The van der Waals surface area contributed by atoms with E-state index in [0.29, 0.717) is 36.2 Å². The fourth-order valence-electron chi connectivity index (χ4n) is 13.6. The molecule has 2 aromatic rings. The molecular weight excluding hydrogens is 641 g/mol. The molecular formula is C48H62O4. The van der Waals surface area contributed by atoms with Crippen LogP contribution in [0.4, 0.5) is 0 Å². The molecule has 10 atom stereocenters. The highest BCUT2D eigenvalue weighted by Crippen LogP contribution is 2.77. The normalized spacial score (nSPS) is 39.2. The van der Waals surface area contributed by atoms with Gasteiger partial charge in [-0.25, -0.2) is 9.59 Å². The van der Waals surface area contributed by atoms with E-state index in [2.05, 4.69) is 48.1 Å². The second-order valence-corrected chi connectivity index (χ2v) is 18.9. The van der Waals surface area contributed by atoms with Gasteiger partial charge in [-0.15, -0.1) is 0 Å². The number of rotatable bonds is 8. The van der Waals surface area contributed by atoms with Crippen LogP contribution in [0.25, 0.3) is 12.2 Å². The summed E-state index contributed by atoms with van der Waals surface area (Å²) < 4.78 is 12.5. The van der Waals surface area contributed by atoms with E-state index in [1.54, 1.807) is 12.2 Å². The van der Waals surface area contributed by atoms with E-state index in [4.69, 9.17) is 9.47 Å². The molecule has 0 aromatic heterocycles. The van der Waals surface area contributed by atoms with Crippen LogP contribution in [-0.2, 0) is 19.1 Å². The maximum absolute atomic E-state index is 13.1. The Balaban J connectivity index is 1.09. The van der Waals surface area contributed by atoms with Gasteiger partial charge in [0.25, 0.3) is 0 Å². The monoisotopic (exact) mass is 702 g/mol. The first-order valence-corrected chi connectivity index (χ1v) is 20.2. The van der Waals surface area contributed by atoms with E-state index in [-0.39, 0.29) is 45.1 Å². The van der Waals surface area contributed by atoms with Crippen molar-refractivity contribution in [2.75, 3.05) is 6.61 Å². The summed E-state index contributed by atoms with van der Waals surface area (Å²) in [5.74, 6) is 2.24. The number of allylic oxidation sites excluding steroid dienone is 1. The van der Waals surface area contributed by atoms with Gasteiger partial charge in [-0.05, 0) is 140 Å². The molecule has 5 aliphatic carbocycles. The van der Waals surface area contributed by atoms with Gasteiger partial charge >= 0.3 is 11.9 Å². The topological polar surface area (TPSA) is 52.6 Å². The van der Waals surface area contributed by atoms with Gasteiger partial charge in [-0.2, -0.15) is 0 Å². The van der Waals surface area contributed by atoms with Gasteiger partial charge in [0.05, 0.1) is 6.61 Å². The highest BCUT2D eigenvalue weighted by atomic mass is 16.5. The Kier molecular flexibility index (Phi) is 9.79. The highest BCUT2D eigenvalue weighted by molar-refractivity contribution is 5.87. The third kappa shape index (κ3) is 6.14. The second-order valence-electron chi connectivity index (χ2n) is 18.9. The van der Waals surface area contributed by atoms with Gasteiger partial charge in [0.1, 0.15) is 6.10 Å². The molecule has 4 heteroatoms. The number of esters is 2. The second kappa shape index (κ2) is 13.8. The fourth-order valence-corrected chi connectivity index (χ4v) is 13.6. The number of hydrogen-bond donors (Lipinski definition) is 0. The number of carbonyl (C=O) groups is 2. The largest absolute Gasteiger partial charge is 0.462 e. The first-order valence-electron chi connectivity index (χ1n) is 20.2. The van der Waals surface area contributed by atoms with Crippen molar-refractivity contribution in [3.05, 3.63) is 96.1 Å². The van der Waals surface area contributed by atoms with E-state index in [1.807, 2.05) is 72.8 Å². The molecule has 2 aromatic carbocycles. The van der Waals surface area contributed by atoms with Crippen LogP contribution in [0.3, 0.4) is 0 Å². The fraction of sp³-hybridized carbons (Fsp3) is 0.583. The van der Waals surface area contributed by atoms with Crippen molar-refractivity contribution in [2.45, 2.75) is 112 Å². The molecule has 5 saturated carbocycles. The van der Waals surface area contributed by atoms with Gasteiger partial charge in [0, 0.05) is 23.0 Å². The SMILES string of the molecule is C=C(C)[C@@H]1CC[C@]2(COC(=O)C=Cc3ccccc3)CC[C@@]3(C)[C@H](CC[C@@H]4[C@@]5(C)CC[C@H](OC(=O)C=Cc6ccccc6)C(C)(C)[C@H]5CC[C@]43C)[C@H]12. The van der Waals surface area contributed by atoms with Crippen molar-refractivity contribution in [2.24, 2.45) is 56.7 Å². The molecule has 0 radical (unpaired) electrons. The predicted octanol–water partition coefficient (Wildman–Crippen LogP) is 11.5. The van der Waals surface area contributed by atoms with Crippen LogP contribution in [0.15, 0.2) is 85.0 Å². The quantitative estimate of drug-likeness (QED) is 0.156. The summed E-state index contributed by atoms with van der Waals surface area (Å²) in [5, 5.41) is 0. The van der Waals surface area contributed by atoms with E-state index >= 15 is 0 Å². The van der Waals surface area contributed by atoms with Crippen LogP contribution in [0.2, 0.25) is 0 Å². The van der Waals surface area contributed by atoms with E-state index in [0.717, 1.165) is 43.2 Å². The number of benzene rings is 2. The van der Waals surface area contributed by atoms with Crippen LogP contribution < -0.4 is 0 Å². The Morgan fingerprint density at radius 2 is 1.35 bits per heavy atom. The summed E-state index contributed by atoms with van der Waals surface area (Å²) in [6, 6.07) is 19.9. The number of fused-ring (bicyclic) bond motifs is 7. The molecule has 0 heterocycles. The first-order chi connectivity index (χ1) is 24.7. The maximum Gasteiger partial charge on any atom is 0.331 e. The molecule has 0 unspecified atom stereocenters. The summed E-state index contributed by atoms with van der Waals surface area (Å²) in [6.07, 6.45) is 18.3. The summed E-state index contributed by atoms with van der Waals surface area (Å²) in [5.41, 5.74) is 3.89. The molecule has 7 rings (SSSR count). The Morgan fingerprint density at radius 1 is 0.712 bits per heavy atom. The average Bonchev–Trinajstić information content (AvgIpc) is 3.52. The van der Waals surface area contributed by atoms with E-state index < -0.39 is 0 Å². The zero-order valence-electron chi connectivity index (χ0n) is 32.7. The lowest BCUT2D eigenvalue weighted by Crippen LogP contribution is -2.67. The highest BCUT2D eigenvalue weighted by Gasteiger charge is 2.71. The van der Waals surface area contributed by atoms with E-state index in [1.165, 1.54) is 37.7 Å². The minimum atomic E-state index is -0.234. The summed E-state index contributed by atoms with van der Waals surface area (Å²) in [4.78, 5) is 26.2. The molecule has 0 spiro atoms. The number of ether oxygens (including phenoxy) is 2. The molecule has 5 fully saturated rings. The number of carbonyl (C=O) groups excluding carboxylic acids is 2. The molecule has 4 nitrogen and oxygen atoms in total. The van der Waals surface area contributed by atoms with Crippen molar-refractivity contribution >= 4 is 24.1 Å². The molecule has 0 amide bonds. The van der Waals surface area contributed by atoms with Gasteiger partial charge in [0.2, 0.25) is 0 Å². The lowest BCUT2D eigenvalue weighted by molar-refractivity contribution is -0.251. The Morgan fingerprint density at radius 3 is 1.98 bits per heavy atom. The van der Waals surface area contributed by atoms with E-state index in [9.17, 15) is 9.59 Å². The van der Waals surface area contributed by atoms with Crippen LogP contribution in [0.1, 0.15) is 117 Å². The predicted molar refractivity (Wildman–Crippen MR) is 211 cm³/mol. The maximum atomic E-state index is 13.1. The summed E-state index contributed by atoms with van der Waals surface area (Å²) >= 11 is 0. The lowest BCUT2D eigenvalue weighted by Gasteiger charge is -2.73. The van der Waals surface area contributed by atoms with Crippen molar-refractivity contribution < 1.29 is 19.1 Å². The van der Waals surface area contributed by atoms with Crippen LogP contribution in [-0.4, -0.2) is 24.6 Å².